The van der Waals surface area contributed by atoms with Gasteiger partial charge in [0.1, 0.15) is 12.7 Å². The number of aliphatic hydroxyl groups excluding tert-OH is 2. The summed E-state index contributed by atoms with van der Waals surface area (Å²) in [6.07, 6.45) is 25.2. The Labute approximate surface area is 280 Å². The van der Waals surface area contributed by atoms with E-state index in [1.807, 2.05) is 0 Å². The molecular weight excluding hydrogens is 611 g/mol. The summed E-state index contributed by atoms with van der Waals surface area (Å²) < 4.78 is 32.4. The highest BCUT2D eigenvalue weighted by Gasteiger charge is 2.27. The van der Waals surface area contributed by atoms with Crippen molar-refractivity contribution < 1.29 is 47.8 Å². The number of rotatable bonds is 35. The molecule has 3 unspecified atom stereocenters. The summed E-state index contributed by atoms with van der Waals surface area (Å²) in [7, 11) is -4.60. The van der Waals surface area contributed by atoms with E-state index < -0.39 is 51.8 Å². The molecule has 3 atom stereocenters. The number of carbonyl (C=O) groups is 2. The summed E-state index contributed by atoms with van der Waals surface area (Å²) in [6.45, 7) is 2.33. The zero-order valence-electron chi connectivity index (χ0n) is 29.3. The van der Waals surface area contributed by atoms with Gasteiger partial charge in [-0.05, 0) is 12.8 Å². The molecule has 46 heavy (non-hydrogen) atoms. The maximum Gasteiger partial charge on any atom is 0.472 e. The Hall–Kier alpha value is -1.03. The first-order valence-electron chi connectivity index (χ1n) is 18.5. The molecule has 11 heteroatoms. The van der Waals surface area contributed by atoms with E-state index in [-0.39, 0.29) is 19.4 Å². The van der Waals surface area contributed by atoms with Gasteiger partial charge in [0.25, 0.3) is 0 Å². The van der Waals surface area contributed by atoms with Gasteiger partial charge in [-0.25, -0.2) is 4.57 Å². The van der Waals surface area contributed by atoms with Crippen LogP contribution in [0.3, 0.4) is 0 Å². The molecule has 0 amide bonds. The Balaban J connectivity index is 4.27. The van der Waals surface area contributed by atoms with Crippen molar-refractivity contribution in [2.75, 3.05) is 26.4 Å². The van der Waals surface area contributed by atoms with E-state index >= 15 is 0 Å². The Morgan fingerprint density at radius 2 is 0.935 bits per heavy atom. The van der Waals surface area contributed by atoms with Gasteiger partial charge in [-0.2, -0.15) is 0 Å². The Morgan fingerprint density at radius 1 is 0.565 bits per heavy atom. The van der Waals surface area contributed by atoms with Crippen LogP contribution in [0.5, 0.6) is 0 Å². The van der Waals surface area contributed by atoms with Crippen LogP contribution in [0.4, 0.5) is 0 Å². The molecule has 3 N–H and O–H groups in total. The third-order valence-electron chi connectivity index (χ3n) is 8.01. The molecule has 274 valence electrons. The number of phosphoric acid groups is 1. The summed E-state index contributed by atoms with van der Waals surface area (Å²) in [5.74, 6) is -0.923. The molecule has 0 aliphatic carbocycles. The highest BCUT2D eigenvalue weighted by atomic mass is 31.2. The second-order valence-corrected chi connectivity index (χ2v) is 14.1. The minimum Gasteiger partial charge on any atom is -0.462 e. The highest BCUT2D eigenvalue weighted by molar-refractivity contribution is 7.47. The first kappa shape index (κ1) is 45.0. The van der Waals surface area contributed by atoms with E-state index in [9.17, 15) is 24.2 Å². The number of unbranched alkanes of at least 4 members (excludes halogenated alkanes) is 21. The second-order valence-electron chi connectivity index (χ2n) is 12.6. The number of carbonyl (C=O) groups excluding carboxylic acids is 2. The lowest BCUT2D eigenvalue weighted by atomic mass is 10.0. The predicted octanol–water partition coefficient (Wildman–Crippen LogP) is 8.72. The van der Waals surface area contributed by atoms with Crippen LogP contribution in [0.25, 0.3) is 0 Å². The SMILES string of the molecule is CCCCCCCCCCCCCCCCCCC(=O)OC(COC(=O)CCCCCCCCC)COP(=O)(O)OCC(O)CO. The van der Waals surface area contributed by atoms with Crippen LogP contribution in [0.1, 0.15) is 174 Å². The Kier molecular flexibility index (Phi) is 31.8. The summed E-state index contributed by atoms with van der Waals surface area (Å²) in [4.78, 5) is 34.6. The monoisotopic (exact) mass is 680 g/mol. The largest absolute Gasteiger partial charge is 0.472 e. The van der Waals surface area contributed by atoms with Crippen LogP contribution < -0.4 is 0 Å². The number of hydrogen-bond acceptors (Lipinski definition) is 9. The molecule has 0 aliphatic rings. The van der Waals surface area contributed by atoms with Crippen LogP contribution in [0.15, 0.2) is 0 Å². The lowest BCUT2D eigenvalue weighted by Gasteiger charge is -2.20. The van der Waals surface area contributed by atoms with Gasteiger partial charge in [0.05, 0.1) is 19.8 Å². The molecule has 0 aromatic rings. The molecule has 0 fully saturated rings. The molecule has 0 rings (SSSR count). The molecule has 0 bridgehead atoms. The maximum absolute atomic E-state index is 12.5. The van der Waals surface area contributed by atoms with Crippen molar-refractivity contribution in [2.45, 2.75) is 187 Å². The van der Waals surface area contributed by atoms with Gasteiger partial charge in [0, 0.05) is 12.8 Å². The van der Waals surface area contributed by atoms with E-state index in [1.54, 1.807) is 0 Å². The molecule has 0 aromatic carbocycles. The van der Waals surface area contributed by atoms with Gasteiger partial charge in [-0.15, -0.1) is 0 Å². The molecule has 0 aliphatic heterocycles. The molecule has 10 nitrogen and oxygen atoms in total. The smallest absolute Gasteiger partial charge is 0.462 e. The first-order valence-corrected chi connectivity index (χ1v) is 20.0. The summed E-state index contributed by atoms with van der Waals surface area (Å²) in [6, 6.07) is 0. The minimum atomic E-state index is -4.60. The van der Waals surface area contributed by atoms with Crippen molar-refractivity contribution in [2.24, 2.45) is 0 Å². The van der Waals surface area contributed by atoms with Gasteiger partial charge in [0.2, 0.25) is 0 Å². The average molecular weight is 681 g/mol. The van der Waals surface area contributed by atoms with E-state index in [4.69, 9.17) is 19.1 Å². The van der Waals surface area contributed by atoms with Gasteiger partial charge in [-0.3, -0.25) is 18.6 Å². The molecule has 0 aromatic heterocycles. The van der Waals surface area contributed by atoms with E-state index in [0.29, 0.717) is 12.8 Å². The fourth-order valence-electron chi connectivity index (χ4n) is 5.11. The van der Waals surface area contributed by atoms with Crippen LogP contribution in [-0.4, -0.2) is 65.7 Å². The van der Waals surface area contributed by atoms with E-state index in [0.717, 1.165) is 38.5 Å². The summed E-state index contributed by atoms with van der Waals surface area (Å²) >= 11 is 0. The quantitative estimate of drug-likeness (QED) is 0.0337. The molecule has 0 saturated carbocycles. The topological polar surface area (TPSA) is 149 Å². The molecule has 0 radical (unpaired) electrons. The zero-order chi connectivity index (χ0) is 34.1. The van der Waals surface area contributed by atoms with Gasteiger partial charge < -0.3 is 24.6 Å². The average Bonchev–Trinajstić information content (AvgIpc) is 3.04. The fourth-order valence-corrected chi connectivity index (χ4v) is 5.90. The van der Waals surface area contributed by atoms with Crippen molar-refractivity contribution in [1.29, 1.82) is 0 Å². The third kappa shape index (κ3) is 31.6. The normalized spacial score (nSPS) is 14.1. The molecule has 0 spiro atoms. The van der Waals surface area contributed by atoms with Crippen LogP contribution in [0.2, 0.25) is 0 Å². The molecular formula is C35H69O10P. The van der Waals surface area contributed by atoms with Crippen LogP contribution in [0, 0.1) is 0 Å². The lowest BCUT2D eigenvalue weighted by molar-refractivity contribution is -0.161. The molecule has 0 saturated heterocycles. The lowest BCUT2D eigenvalue weighted by Crippen LogP contribution is -2.29. The number of hydrogen-bond donors (Lipinski definition) is 3. The van der Waals surface area contributed by atoms with Crippen LogP contribution >= 0.6 is 7.82 Å². The number of phosphoric ester groups is 1. The minimum absolute atomic E-state index is 0.191. The zero-order valence-corrected chi connectivity index (χ0v) is 30.2. The van der Waals surface area contributed by atoms with Crippen LogP contribution in [-0.2, 0) is 32.7 Å². The standard InChI is InChI=1S/C35H69O10P/c1-3-5-7-9-11-12-13-14-15-16-17-18-19-21-23-25-27-35(39)45-33(31-44-46(40,41)43-29-32(37)28-36)30-42-34(38)26-24-22-20-10-8-6-4-2/h32-33,36-37H,3-31H2,1-2H3,(H,40,41). The number of esters is 2. The van der Waals surface area contributed by atoms with Crippen molar-refractivity contribution in [3.05, 3.63) is 0 Å². The Morgan fingerprint density at radius 3 is 1.35 bits per heavy atom. The summed E-state index contributed by atoms with van der Waals surface area (Å²) in [5.41, 5.74) is 0. The van der Waals surface area contributed by atoms with Gasteiger partial charge in [0.15, 0.2) is 6.10 Å². The molecule has 0 heterocycles. The van der Waals surface area contributed by atoms with E-state index in [1.165, 1.54) is 96.3 Å². The maximum atomic E-state index is 12.5. The first-order chi connectivity index (χ1) is 22.2. The van der Waals surface area contributed by atoms with Crippen molar-refractivity contribution in [1.82, 2.24) is 0 Å². The second kappa shape index (κ2) is 32.5. The van der Waals surface area contributed by atoms with Crippen molar-refractivity contribution >= 4 is 19.8 Å². The highest BCUT2D eigenvalue weighted by Crippen LogP contribution is 2.43. The van der Waals surface area contributed by atoms with Gasteiger partial charge >= 0.3 is 19.8 Å². The van der Waals surface area contributed by atoms with Crippen molar-refractivity contribution in [3.63, 3.8) is 0 Å². The number of aliphatic hydroxyl groups is 2. The summed E-state index contributed by atoms with van der Waals surface area (Å²) in [5, 5.41) is 18.2. The van der Waals surface area contributed by atoms with E-state index in [2.05, 4.69) is 18.4 Å². The fraction of sp³-hybridized carbons (Fsp3) is 0.943. The predicted molar refractivity (Wildman–Crippen MR) is 182 cm³/mol. The third-order valence-corrected chi connectivity index (χ3v) is 8.96. The Bertz CT molecular complexity index is 751. The van der Waals surface area contributed by atoms with Crippen molar-refractivity contribution in [3.8, 4) is 0 Å². The number of ether oxygens (including phenoxy) is 2. The van der Waals surface area contributed by atoms with Gasteiger partial charge in [-0.1, -0.05) is 149 Å².